The molecule has 2 rings (SSSR count). The van der Waals surface area contributed by atoms with Gasteiger partial charge in [0.2, 0.25) is 0 Å². The maximum Gasteiger partial charge on any atom is 0.308 e. The minimum atomic E-state index is -0.931. The molecule has 5 nitrogen and oxygen atoms in total. The molecule has 1 saturated heterocycles. The average molecular weight is 345 g/mol. The Hall–Kier alpha value is -1.50. The summed E-state index contributed by atoms with van der Waals surface area (Å²) in [5.41, 5.74) is -0.271. The Morgan fingerprint density at radius 2 is 2.25 bits per heavy atom. The van der Waals surface area contributed by atoms with Crippen LogP contribution in [0.4, 0.5) is 4.39 Å². The number of aliphatic carboxylic acids is 1. The van der Waals surface area contributed by atoms with Gasteiger partial charge in [0.25, 0.3) is 5.91 Å². The molecule has 108 valence electrons. The van der Waals surface area contributed by atoms with Crippen molar-refractivity contribution in [2.75, 3.05) is 13.1 Å². The molecule has 2 atom stereocenters. The van der Waals surface area contributed by atoms with E-state index >= 15 is 0 Å². The van der Waals surface area contributed by atoms with Gasteiger partial charge >= 0.3 is 5.97 Å². The third kappa shape index (κ3) is 2.98. The number of aromatic nitrogens is 1. The molecular formula is C13H14BrFN2O3. The highest BCUT2D eigenvalue weighted by Crippen LogP contribution is 2.25. The lowest BCUT2D eigenvalue weighted by Gasteiger charge is -2.34. The summed E-state index contributed by atoms with van der Waals surface area (Å²) in [6.45, 7) is 2.35. The van der Waals surface area contributed by atoms with Gasteiger partial charge in [0.05, 0.1) is 5.92 Å². The Morgan fingerprint density at radius 1 is 1.55 bits per heavy atom. The summed E-state index contributed by atoms with van der Waals surface area (Å²) in [5, 5.41) is 9.14. The van der Waals surface area contributed by atoms with E-state index in [9.17, 15) is 14.0 Å². The van der Waals surface area contributed by atoms with Gasteiger partial charge in [0, 0.05) is 23.8 Å². The molecule has 1 fully saturated rings. The largest absolute Gasteiger partial charge is 0.481 e. The molecule has 20 heavy (non-hydrogen) atoms. The van der Waals surface area contributed by atoms with Crippen LogP contribution in [0, 0.1) is 17.7 Å². The van der Waals surface area contributed by atoms with E-state index in [0.717, 1.165) is 0 Å². The van der Waals surface area contributed by atoms with E-state index in [1.807, 2.05) is 6.92 Å². The molecule has 0 bridgehead atoms. The molecule has 7 heteroatoms. The van der Waals surface area contributed by atoms with Crippen LogP contribution in [0.3, 0.4) is 0 Å². The van der Waals surface area contributed by atoms with Gasteiger partial charge in [-0.05, 0) is 34.3 Å². The number of carboxylic acid groups (broad SMARTS) is 1. The number of hydrogen-bond donors (Lipinski definition) is 1. The third-order valence-electron chi connectivity index (χ3n) is 3.57. The summed E-state index contributed by atoms with van der Waals surface area (Å²) in [5.74, 6) is -2.83. The van der Waals surface area contributed by atoms with E-state index in [0.29, 0.717) is 17.4 Å². The predicted octanol–water partition coefficient (Wildman–Crippen LogP) is 2.17. The van der Waals surface area contributed by atoms with Crippen molar-refractivity contribution in [3.63, 3.8) is 0 Å². The zero-order chi connectivity index (χ0) is 14.9. The maximum atomic E-state index is 13.7. The minimum Gasteiger partial charge on any atom is -0.481 e. The molecule has 0 spiro atoms. The molecule has 1 aliphatic heterocycles. The van der Waals surface area contributed by atoms with Crippen molar-refractivity contribution >= 4 is 27.8 Å². The van der Waals surface area contributed by atoms with E-state index in [4.69, 9.17) is 5.11 Å². The Bertz CT molecular complexity index is 552. The SMILES string of the molecule is C[C@@H]1CCN(C(=O)c2ncc(Br)cc2F)C[C@@H]1C(=O)O. The Balaban J connectivity index is 2.19. The second-order valence-electron chi connectivity index (χ2n) is 4.95. The molecule has 0 saturated carbocycles. The summed E-state index contributed by atoms with van der Waals surface area (Å²) in [6, 6.07) is 1.17. The molecule has 0 aromatic carbocycles. The number of piperidine rings is 1. The molecule has 1 aliphatic rings. The normalized spacial score (nSPS) is 22.6. The highest BCUT2D eigenvalue weighted by Gasteiger charge is 2.34. The zero-order valence-corrected chi connectivity index (χ0v) is 12.4. The van der Waals surface area contributed by atoms with E-state index in [1.165, 1.54) is 17.2 Å². The first-order valence-electron chi connectivity index (χ1n) is 6.23. The predicted molar refractivity (Wildman–Crippen MR) is 72.7 cm³/mol. The zero-order valence-electron chi connectivity index (χ0n) is 10.8. The van der Waals surface area contributed by atoms with E-state index in [-0.39, 0.29) is 18.2 Å². The van der Waals surface area contributed by atoms with Crippen LogP contribution in [0.2, 0.25) is 0 Å². The summed E-state index contributed by atoms with van der Waals surface area (Å²) >= 11 is 3.07. The quantitative estimate of drug-likeness (QED) is 0.892. The highest BCUT2D eigenvalue weighted by atomic mass is 79.9. The molecule has 0 aliphatic carbocycles. The van der Waals surface area contributed by atoms with Gasteiger partial charge in [-0.3, -0.25) is 9.59 Å². The Labute approximate surface area is 123 Å². The van der Waals surface area contributed by atoms with Crippen molar-refractivity contribution in [1.29, 1.82) is 0 Å². The summed E-state index contributed by atoms with van der Waals surface area (Å²) in [4.78, 5) is 28.5. The molecule has 2 heterocycles. The second-order valence-corrected chi connectivity index (χ2v) is 5.86. The minimum absolute atomic E-state index is 0.000672. The van der Waals surface area contributed by atoms with Crippen LogP contribution in [0.1, 0.15) is 23.8 Å². The first-order valence-corrected chi connectivity index (χ1v) is 7.02. The fourth-order valence-electron chi connectivity index (χ4n) is 2.30. The standard InChI is InChI=1S/C13H14BrFN2O3/c1-7-2-3-17(6-9(7)13(19)20)12(18)11-10(15)4-8(14)5-16-11/h4-5,7,9H,2-3,6H2,1H3,(H,19,20)/t7-,9+/m1/s1. The molecule has 1 amide bonds. The van der Waals surface area contributed by atoms with Gasteiger partial charge in [0.15, 0.2) is 11.5 Å². The first-order chi connectivity index (χ1) is 9.40. The van der Waals surface area contributed by atoms with E-state index < -0.39 is 23.6 Å². The number of carbonyl (C=O) groups is 2. The number of halogens is 2. The summed E-state index contributed by atoms with van der Waals surface area (Å²) < 4.78 is 14.2. The molecule has 0 unspecified atom stereocenters. The lowest BCUT2D eigenvalue weighted by atomic mass is 9.87. The first kappa shape index (κ1) is 14.9. The van der Waals surface area contributed by atoms with Crippen LogP contribution in [0.5, 0.6) is 0 Å². The van der Waals surface area contributed by atoms with Gasteiger partial charge in [-0.15, -0.1) is 0 Å². The fraction of sp³-hybridized carbons (Fsp3) is 0.462. The molecule has 0 radical (unpaired) electrons. The van der Waals surface area contributed by atoms with Crippen molar-refractivity contribution in [3.8, 4) is 0 Å². The number of hydrogen-bond acceptors (Lipinski definition) is 3. The monoisotopic (exact) mass is 344 g/mol. The second kappa shape index (κ2) is 5.87. The lowest BCUT2D eigenvalue weighted by molar-refractivity contribution is -0.145. The van der Waals surface area contributed by atoms with Crippen LogP contribution < -0.4 is 0 Å². The van der Waals surface area contributed by atoms with Crippen molar-refractivity contribution in [2.45, 2.75) is 13.3 Å². The van der Waals surface area contributed by atoms with Gasteiger partial charge in [0.1, 0.15) is 0 Å². The van der Waals surface area contributed by atoms with Gasteiger partial charge in [-0.2, -0.15) is 0 Å². The van der Waals surface area contributed by atoms with Crippen molar-refractivity contribution in [1.82, 2.24) is 9.88 Å². The van der Waals surface area contributed by atoms with E-state index in [2.05, 4.69) is 20.9 Å². The maximum absolute atomic E-state index is 13.7. The number of nitrogens with zero attached hydrogens (tertiary/aromatic N) is 2. The number of rotatable bonds is 2. The molecule has 1 aromatic rings. The smallest absolute Gasteiger partial charge is 0.308 e. The Kier molecular flexibility index (Phi) is 4.37. The van der Waals surface area contributed by atoms with Crippen LogP contribution in [-0.4, -0.2) is 40.0 Å². The molecular weight excluding hydrogens is 331 g/mol. The average Bonchev–Trinajstić information content (AvgIpc) is 2.38. The molecule has 1 aromatic heterocycles. The van der Waals surface area contributed by atoms with Crippen molar-refractivity contribution in [3.05, 3.63) is 28.2 Å². The number of amides is 1. The van der Waals surface area contributed by atoms with Gasteiger partial charge < -0.3 is 10.0 Å². The molecule has 1 N–H and O–H groups in total. The lowest BCUT2D eigenvalue weighted by Crippen LogP contribution is -2.46. The van der Waals surface area contributed by atoms with E-state index in [1.54, 1.807) is 0 Å². The number of pyridine rings is 1. The third-order valence-corrected chi connectivity index (χ3v) is 4.01. The summed E-state index contributed by atoms with van der Waals surface area (Å²) in [7, 11) is 0. The van der Waals surface area contributed by atoms with Crippen molar-refractivity contribution < 1.29 is 19.1 Å². The highest BCUT2D eigenvalue weighted by molar-refractivity contribution is 9.10. The van der Waals surface area contributed by atoms with Crippen LogP contribution in [0.15, 0.2) is 16.7 Å². The topological polar surface area (TPSA) is 70.5 Å². The van der Waals surface area contributed by atoms with Crippen LogP contribution in [0.25, 0.3) is 0 Å². The van der Waals surface area contributed by atoms with Gasteiger partial charge in [-0.1, -0.05) is 6.92 Å². The van der Waals surface area contributed by atoms with Crippen molar-refractivity contribution in [2.24, 2.45) is 11.8 Å². The van der Waals surface area contributed by atoms with Gasteiger partial charge in [-0.25, -0.2) is 9.37 Å². The number of carbonyl (C=O) groups excluding carboxylic acids is 1. The number of likely N-dealkylation sites (tertiary alicyclic amines) is 1. The van der Waals surface area contributed by atoms with Crippen LogP contribution in [-0.2, 0) is 4.79 Å². The fourth-order valence-corrected chi connectivity index (χ4v) is 2.60. The summed E-state index contributed by atoms with van der Waals surface area (Å²) in [6.07, 6.45) is 1.93. The Morgan fingerprint density at radius 3 is 2.85 bits per heavy atom. The number of carboxylic acids is 1. The van der Waals surface area contributed by atoms with Crippen LogP contribution >= 0.6 is 15.9 Å².